The molecule has 72 valence electrons. The Morgan fingerprint density at radius 3 is 2.93 bits per heavy atom. The average Bonchev–Trinajstić information content (AvgIpc) is 2.15. The third-order valence-electron chi connectivity index (χ3n) is 1.58. The highest BCUT2D eigenvalue weighted by atomic mass is 35.5. The van der Waals surface area contributed by atoms with Crippen molar-refractivity contribution in [1.29, 1.82) is 0 Å². The van der Waals surface area contributed by atoms with E-state index in [1.165, 1.54) is 18.2 Å². The minimum atomic E-state index is -0.561. The Morgan fingerprint density at radius 1 is 1.64 bits per heavy atom. The van der Waals surface area contributed by atoms with Gasteiger partial charge < -0.3 is 0 Å². The van der Waals surface area contributed by atoms with Crippen molar-refractivity contribution >= 4 is 17.3 Å². The lowest BCUT2D eigenvalue weighted by molar-refractivity contribution is -0.385. The fraction of sp³-hybridized carbons (Fsp3) is 0.143. The van der Waals surface area contributed by atoms with E-state index in [0.717, 1.165) is 0 Å². The molecule has 0 amide bonds. The van der Waals surface area contributed by atoms with Crippen LogP contribution in [-0.4, -0.2) is 4.92 Å². The van der Waals surface area contributed by atoms with Gasteiger partial charge in [0.25, 0.3) is 5.69 Å². The summed E-state index contributed by atoms with van der Waals surface area (Å²) in [5, 5.41) is 14.0. The normalized spacial score (nSPS) is 9.21. The summed E-state index contributed by atoms with van der Waals surface area (Å²) >= 11 is 5.72. The first-order chi connectivity index (χ1) is 6.66. The SMILES string of the molecule is [N-]=[N+]=NCc1c(Cl)cccc1[N+](=O)[O-]. The largest absolute Gasteiger partial charge is 0.274 e. The van der Waals surface area contributed by atoms with E-state index in [-0.39, 0.29) is 22.8 Å². The lowest BCUT2D eigenvalue weighted by Gasteiger charge is -2.00. The van der Waals surface area contributed by atoms with E-state index >= 15 is 0 Å². The second kappa shape index (κ2) is 4.45. The van der Waals surface area contributed by atoms with Crippen molar-refractivity contribution in [1.82, 2.24) is 0 Å². The van der Waals surface area contributed by atoms with Gasteiger partial charge in [-0.2, -0.15) is 0 Å². The summed E-state index contributed by atoms with van der Waals surface area (Å²) in [5.41, 5.74) is 8.19. The number of hydrogen-bond acceptors (Lipinski definition) is 3. The van der Waals surface area contributed by atoms with Crippen LogP contribution in [0.3, 0.4) is 0 Å². The highest BCUT2D eigenvalue weighted by molar-refractivity contribution is 6.31. The molecule has 0 bridgehead atoms. The van der Waals surface area contributed by atoms with Crippen LogP contribution in [-0.2, 0) is 6.54 Å². The molecule has 0 unspecified atom stereocenters. The second-order valence-corrected chi connectivity index (χ2v) is 2.79. The summed E-state index contributed by atoms with van der Waals surface area (Å²) in [6, 6.07) is 4.30. The van der Waals surface area contributed by atoms with E-state index < -0.39 is 4.92 Å². The van der Waals surface area contributed by atoms with Gasteiger partial charge >= 0.3 is 0 Å². The van der Waals surface area contributed by atoms with Crippen molar-refractivity contribution in [3.63, 3.8) is 0 Å². The van der Waals surface area contributed by atoms with Crippen molar-refractivity contribution in [2.75, 3.05) is 0 Å². The summed E-state index contributed by atoms with van der Waals surface area (Å²) in [6.45, 7) is -0.119. The predicted molar refractivity (Wildman–Crippen MR) is 51.0 cm³/mol. The molecule has 0 aromatic heterocycles. The molecular weight excluding hydrogens is 208 g/mol. The van der Waals surface area contributed by atoms with Gasteiger partial charge in [-0.25, -0.2) is 0 Å². The zero-order chi connectivity index (χ0) is 10.6. The van der Waals surface area contributed by atoms with E-state index in [9.17, 15) is 10.1 Å². The van der Waals surface area contributed by atoms with Gasteiger partial charge in [-0.3, -0.25) is 10.1 Å². The van der Waals surface area contributed by atoms with E-state index in [0.29, 0.717) is 0 Å². The fourth-order valence-corrected chi connectivity index (χ4v) is 1.21. The van der Waals surface area contributed by atoms with E-state index in [4.69, 9.17) is 17.1 Å². The van der Waals surface area contributed by atoms with Crippen LogP contribution in [0.1, 0.15) is 5.56 Å². The molecule has 0 aliphatic rings. The Bertz CT molecular complexity index is 414. The molecule has 0 N–H and O–H groups in total. The molecule has 0 spiro atoms. The standard InChI is InChI=1S/C7H5ClN4O2/c8-6-2-1-3-7(12(13)14)5(6)4-10-11-9/h1-3H,4H2. The molecule has 14 heavy (non-hydrogen) atoms. The van der Waals surface area contributed by atoms with E-state index in [2.05, 4.69) is 10.0 Å². The number of azide groups is 1. The minimum Gasteiger partial charge on any atom is -0.258 e. The molecule has 0 heterocycles. The van der Waals surface area contributed by atoms with Crippen LogP contribution in [0, 0.1) is 10.1 Å². The van der Waals surface area contributed by atoms with Crippen molar-refractivity contribution in [3.05, 3.63) is 49.3 Å². The van der Waals surface area contributed by atoms with E-state index in [1.54, 1.807) is 0 Å². The lowest BCUT2D eigenvalue weighted by atomic mass is 10.2. The Kier molecular flexibility index (Phi) is 3.28. The van der Waals surface area contributed by atoms with Gasteiger partial charge in [0, 0.05) is 11.0 Å². The molecule has 1 aromatic rings. The number of nitrogens with zero attached hydrogens (tertiary/aromatic N) is 4. The van der Waals surface area contributed by atoms with Crippen LogP contribution >= 0.6 is 11.6 Å². The summed E-state index contributed by atoms with van der Waals surface area (Å²) in [6.07, 6.45) is 0. The van der Waals surface area contributed by atoms with Crippen LogP contribution in [0.5, 0.6) is 0 Å². The van der Waals surface area contributed by atoms with Crippen LogP contribution in [0.2, 0.25) is 5.02 Å². The maximum atomic E-state index is 10.5. The van der Waals surface area contributed by atoms with Gasteiger partial charge in [-0.05, 0) is 11.6 Å². The molecule has 6 nitrogen and oxygen atoms in total. The van der Waals surface area contributed by atoms with Gasteiger partial charge in [0.15, 0.2) is 0 Å². The smallest absolute Gasteiger partial charge is 0.258 e. The van der Waals surface area contributed by atoms with Gasteiger partial charge in [0.2, 0.25) is 0 Å². The number of nitro benzene ring substituents is 1. The number of benzene rings is 1. The molecule has 0 saturated carbocycles. The lowest BCUT2D eigenvalue weighted by Crippen LogP contribution is -1.94. The average molecular weight is 213 g/mol. The second-order valence-electron chi connectivity index (χ2n) is 2.38. The first-order valence-corrected chi connectivity index (χ1v) is 3.97. The minimum absolute atomic E-state index is 0.119. The quantitative estimate of drug-likeness (QED) is 0.253. The van der Waals surface area contributed by atoms with Crippen LogP contribution in [0.25, 0.3) is 10.4 Å². The molecule has 0 saturated heterocycles. The third kappa shape index (κ3) is 2.12. The van der Waals surface area contributed by atoms with Gasteiger partial charge in [0.05, 0.1) is 22.1 Å². The summed E-state index contributed by atoms with van der Waals surface area (Å²) < 4.78 is 0. The maximum Gasteiger partial charge on any atom is 0.274 e. The first kappa shape index (κ1) is 10.3. The molecule has 0 atom stereocenters. The van der Waals surface area contributed by atoms with Gasteiger partial charge in [-0.1, -0.05) is 22.8 Å². The fourth-order valence-electron chi connectivity index (χ4n) is 0.977. The molecule has 1 aromatic carbocycles. The number of nitro groups is 1. The van der Waals surface area contributed by atoms with Crippen molar-refractivity contribution < 1.29 is 4.92 Å². The first-order valence-electron chi connectivity index (χ1n) is 3.59. The highest BCUT2D eigenvalue weighted by Gasteiger charge is 2.14. The Balaban J connectivity index is 3.21. The summed E-state index contributed by atoms with van der Waals surface area (Å²) in [7, 11) is 0. The summed E-state index contributed by atoms with van der Waals surface area (Å²) in [5.74, 6) is 0. The molecule has 7 heteroatoms. The molecule has 0 radical (unpaired) electrons. The van der Waals surface area contributed by atoms with E-state index in [1.807, 2.05) is 0 Å². The van der Waals surface area contributed by atoms with Crippen LogP contribution in [0.15, 0.2) is 23.3 Å². The van der Waals surface area contributed by atoms with Crippen LogP contribution < -0.4 is 0 Å². The molecule has 1 rings (SSSR count). The predicted octanol–water partition coefficient (Wildman–Crippen LogP) is 3.06. The van der Waals surface area contributed by atoms with Crippen molar-refractivity contribution in [2.45, 2.75) is 6.54 Å². The Morgan fingerprint density at radius 2 is 2.36 bits per heavy atom. The maximum absolute atomic E-state index is 10.5. The number of hydrogen-bond donors (Lipinski definition) is 0. The van der Waals surface area contributed by atoms with Gasteiger partial charge in [0.1, 0.15) is 0 Å². The monoisotopic (exact) mass is 212 g/mol. The zero-order valence-electron chi connectivity index (χ0n) is 6.92. The molecule has 0 fully saturated rings. The van der Waals surface area contributed by atoms with Crippen LogP contribution in [0.4, 0.5) is 5.69 Å². The van der Waals surface area contributed by atoms with Crippen molar-refractivity contribution in [2.24, 2.45) is 5.11 Å². The zero-order valence-corrected chi connectivity index (χ0v) is 7.68. The van der Waals surface area contributed by atoms with Gasteiger partial charge in [-0.15, -0.1) is 0 Å². The number of rotatable bonds is 3. The molecule has 0 aliphatic carbocycles. The number of halogens is 1. The van der Waals surface area contributed by atoms with Crippen molar-refractivity contribution in [3.8, 4) is 0 Å². The Labute approximate surface area is 83.9 Å². The molecular formula is C7H5ClN4O2. The molecule has 0 aliphatic heterocycles. The highest BCUT2D eigenvalue weighted by Crippen LogP contribution is 2.26. The summed E-state index contributed by atoms with van der Waals surface area (Å²) in [4.78, 5) is 12.5. The topological polar surface area (TPSA) is 91.9 Å². The third-order valence-corrected chi connectivity index (χ3v) is 1.94. The Hall–Kier alpha value is -1.78.